The average molecular weight is 242 g/mol. The number of likely N-dealkylation sites (N-methyl/N-ethyl adjacent to an activating group) is 1. The van der Waals surface area contributed by atoms with Gasteiger partial charge >= 0.3 is 0 Å². The van der Waals surface area contributed by atoms with Gasteiger partial charge in [0.2, 0.25) is 0 Å². The van der Waals surface area contributed by atoms with Crippen LogP contribution in [0.3, 0.4) is 0 Å². The Balaban J connectivity index is 1.80. The molecule has 2 unspecified atom stereocenters. The molecule has 0 spiro atoms. The predicted molar refractivity (Wildman–Crippen MR) is 68.3 cm³/mol. The smallest absolute Gasteiger partial charge is 0.0826 e. The molecule has 0 aliphatic carbocycles. The van der Waals surface area contributed by atoms with E-state index < -0.39 is 0 Å². The number of hydrogen-bond acceptors (Lipinski definition) is 4. The molecule has 2 saturated heterocycles. The third kappa shape index (κ3) is 3.91. The van der Waals surface area contributed by atoms with E-state index in [9.17, 15) is 0 Å². The molecule has 0 aromatic heterocycles. The minimum Gasteiger partial charge on any atom is -0.375 e. The van der Waals surface area contributed by atoms with Crippen LogP contribution in [0.4, 0.5) is 0 Å². The number of rotatable bonds is 3. The van der Waals surface area contributed by atoms with Crippen LogP contribution in [0, 0.1) is 0 Å². The van der Waals surface area contributed by atoms with Gasteiger partial charge in [0.25, 0.3) is 0 Å². The number of hydrogen-bond donors (Lipinski definition) is 1. The molecule has 2 aliphatic heterocycles. The van der Waals surface area contributed by atoms with Gasteiger partial charge in [0.15, 0.2) is 0 Å². The Morgan fingerprint density at radius 3 is 2.82 bits per heavy atom. The van der Waals surface area contributed by atoms with Crippen molar-refractivity contribution in [3.8, 4) is 0 Å². The fraction of sp³-hybridized carbons (Fsp3) is 1.00. The van der Waals surface area contributed by atoms with E-state index in [1.807, 2.05) is 0 Å². The molecule has 4 nitrogen and oxygen atoms in total. The lowest BCUT2D eigenvalue weighted by Crippen LogP contribution is -2.50. The lowest BCUT2D eigenvalue weighted by atomic mass is 9.93. The first-order valence-corrected chi connectivity index (χ1v) is 6.73. The Labute approximate surface area is 105 Å². The third-order valence-electron chi connectivity index (χ3n) is 3.79. The zero-order chi connectivity index (χ0) is 12.3. The molecule has 100 valence electrons. The maximum absolute atomic E-state index is 5.77. The van der Waals surface area contributed by atoms with Crippen LogP contribution < -0.4 is 5.32 Å². The number of ether oxygens (including phenoxy) is 2. The van der Waals surface area contributed by atoms with Gasteiger partial charge in [0.05, 0.1) is 18.3 Å². The lowest BCUT2D eigenvalue weighted by Gasteiger charge is -2.41. The highest BCUT2D eigenvalue weighted by Crippen LogP contribution is 2.26. The molecule has 4 heteroatoms. The molecule has 0 bridgehead atoms. The van der Waals surface area contributed by atoms with E-state index >= 15 is 0 Å². The standard InChI is InChI=1S/C13H26N2O2/c1-13(2)8-11(4-6-17-13)15(3)10-12-9-14-5-7-16-12/h11-12,14H,4-10H2,1-3H3. The van der Waals surface area contributed by atoms with Gasteiger partial charge in [-0.25, -0.2) is 0 Å². The van der Waals surface area contributed by atoms with Gasteiger partial charge in [-0.15, -0.1) is 0 Å². The first-order chi connectivity index (χ1) is 8.07. The van der Waals surface area contributed by atoms with Crippen LogP contribution in [0.15, 0.2) is 0 Å². The topological polar surface area (TPSA) is 33.7 Å². The van der Waals surface area contributed by atoms with Gasteiger partial charge in [-0.2, -0.15) is 0 Å². The number of morpholine rings is 1. The molecular formula is C13H26N2O2. The molecule has 2 fully saturated rings. The van der Waals surface area contributed by atoms with Crippen LogP contribution in [0.1, 0.15) is 26.7 Å². The Morgan fingerprint density at radius 1 is 1.35 bits per heavy atom. The first kappa shape index (κ1) is 13.3. The van der Waals surface area contributed by atoms with Crippen molar-refractivity contribution in [3.05, 3.63) is 0 Å². The van der Waals surface area contributed by atoms with Crippen LogP contribution in [0.5, 0.6) is 0 Å². The van der Waals surface area contributed by atoms with E-state index in [1.54, 1.807) is 0 Å². The van der Waals surface area contributed by atoms with Crippen molar-refractivity contribution in [2.45, 2.75) is 44.4 Å². The van der Waals surface area contributed by atoms with Crippen LogP contribution in [-0.2, 0) is 9.47 Å². The zero-order valence-electron chi connectivity index (χ0n) is 11.4. The molecule has 2 atom stereocenters. The Bertz CT molecular complexity index is 240. The molecule has 0 aromatic rings. The summed E-state index contributed by atoms with van der Waals surface area (Å²) in [6.07, 6.45) is 2.60. The van der Waals surface area contributed by atoms with Crippen LogP contribution in [0.25, 0.3) is 0 Å². The van der Waals surface area contributed by atoms with Gasteiger partial charge in [-0.1, -0.05) is 0 Å². The second-order valence-corrected chi connectivity index (χ2v) is 5.89. The highest BCUT2D eigenvalue weighted by Gasteiger charge is 2.31. The lowest BCUT2D eigenvalue weighted by molar-refractivity contribution is -0.0871. The maximum atomic E-state index is 5.77. The summed E-state index contributed by atoms with van der Waals surface area (Å²) in [7, 11) is 2.21. The molecule has 0 aromatic carbocycles. The molecule has 2 rings (SSSR count). The van der Waals surface area contributed by atoms with Crippen LogP contribution in [0.2, 0.25) is 0 Å². The summed E-state index contributed by atoms with van der Waals surface area (Å²) in [5.41, 5.74) is 0.0306. The summed E-state index contributed by atoms with van der Waals surface area (Å²) < 4.78 is 11.5. The Morgan fingerprint density at radius 2 is 2.18 bits per heavy atom. The summed E-state index contributed by atoms with van der Waals surface area (Å²) >= 11 is 0. The predicted octanol–water partition coefficient (Wildman–Crippen LogP) is 0.864. The zero-order valence-corrected chi connectivity index (χ0v) is 11.4. The summed E-state index contributed by atoms with van der Waals surface area (Å²) in [6, 6.07) is 0.629. The largest absolute Gasteiger partial charge is 0.375 e. The quantitative estimate of drug-likeness (QED) is 0.796. The molecular weight excluding hydrogens is 216 g/mol. The van der Waals surface area contributed by atoms with Crippen molar-refractivity contribution < 1.29 is 9.47 Å². The van der Waals surface area contributed by atoms with Gasteiger partial charge in [0, 0.05) is 32.3 Å². The molecule has 0 amide bonds. The minimum absolute atomic E-state index is 0.0306. The fourth-order valence-electron chi connectivity index (χ4n) is 2.78. The maximum Gasteiger partial charge on any atom is 0.0826 e. The van der Waals surface area contributed by atoms with Crippen molar-refractivity contribution in [1.82, 2.24) is 10.2 Å². The van der Waals surface area contributed by atoms with E-state index in [0.717, 1.165) is 45.7 Å². The fourth-order valence-corrected chi connectivity index (χ4v) is 2.78. The number of nitrogens with one attached hydrogen (secondary N) is 1. The molecule has 2 heterocycles. The van der Waals surface area contributed by atoms with E-state index in [2.05, 4.69) is 31.1 Å². The molecule has 0 radical (unpaired) electrons. The molecule has 1 N–H and O–H groups in total. The average Bonchev–Trinajstić information content (AvgIpc) is 2.29. The van der Waals surface area contributed by atoms with E-state index in [-0.39, 0.29) is 5.60 Å². The SMILES string of the molecule is CN(CC1CNCCO1)C1CCOC(C)(C)C1. The second kappa shape index (κ2) is 5.65. The van der Waals surface area contributed by atoms with E-state index in [0.29, 0.717) is 12.1 Å². The van der Waals surface area contributed by atoms with Gasteiger partial charge in [-0.3, -0.25) is 0 Å². The van der Waals surface area contributed by atoms with Crippen molar-refractivity contribution in [1.29, 1.82) is 0 Å². The highest BCUT2D eigenvalue weighted by molar-refractivity contribution is 4.85. The van der Waals surface area contributed by atoms with Crippen LogP contribution in [-0.4, -0.2) is 62.5 Å². The van der Waals surface area contributed by atoms with Crippen molar-refractivity contribution in [3.63, 3.8) is 0 Å². The Hall–Kier alpha value is -0.160. The molecule has 17 heavy (non-hydrogen) atoms. The van der Waals surface area contributed by atoms with Gasteiger partial charge in [-0.05, 0) is 33.7 Å². The van der Waals surface area contributed by atoms with Crippen LogP contribution >= 0.6 is 0 Å². The van der Waals surface area contributed by atoms with Crippen molar-refractivity contribution in [2.24, 2.45) is 0 Å². The third-order valence-corrected chi connectivity index (χ3v) is 3.79. The van der Waals surface area contributed by atoms with Gasteiger partial charge < -0.3 is 19.7 Å². The van der Waals surface area contributed by atoms with Gasteiger partial charge in [0.1, 0.15) is 0 Å². The summed E-state index contributed by atoms with van der Waals surface area (Å²) in [6.45, 7) is 9.09. The summed E-state index contributed by atoms with van der Waals surface area (Å²) in [4.78, 5) is 2.45. The second-order valence-electron chi connectivity index (χ2n) is 5.89. The Kier molecular flexibility index (Phi) is 4.42. The van der Waals surface area contributed by atoms with Crippen molar-refractivity contribution in [2.75, 3.05) is 39.9 Å². The normalized spacial score (nSPS) is 33.9. The van der Waals surface area contributed by atoms with E-state index in [1.165, 1.54) is 0 Å². The summed E-state index contributed by atoms with van der Waals surface area (Å²) in [5.74, 6) is 0. The molecule has 0 saturated carbocycles. The van der Waals surface area contributed by atoms with Crippen molar-refractivity contribution >= 4 is 0 Å². The van der Waals surface area contributed by atoms with E-state index in [4.69, 9.17) is 9.47 Å². The monoisotopic (exact) mass is 242 g/mol. The highest BCUT2D eigenvalue weighted by atomic mass is 16.5. The number of nitrogens with zero attached hydrogens (tertiary/aromatic N) is 1. The minimum atomic E-state index is 0.0306. The summed E-state index contributed by atoms with van der Waals surface area (Å²) in [5, 5.41) is 3.38. The first-order valence-electron chi connectivity index (χ1n) is 6.73. The molecule has 2 aliphatic rings.